The molecule has 0 fully saturated rings. The Morgan fingerprint density at radius 3 is 2.76 bits per heavy atom. The van der Waals surface area contributed by atoms with Crippen LogP contribution in [0.5, 0.6) is 0 Å². The Bertz CT molecular complexity index is 273. The molecule has 0 aromatic carbocycles. The molecule has 0 aliphatic heterocycles. The third-order valence-electron chi connectivity index (χ3n) is 2.11. The summed E-state index contributed by atoms with van der Waals surface area (Å²) in [5, 5.41) is 9.04. The summed E-state index contributed by atoms with van der Waals surface area (Å²) >= 11 is 0. The summed E-state index contributed by atoms with van der Waals surface area (Å²) in [5.74, 6) is 0. The summed E-state index contributed by atoms with van der Waals surface area (Å²) in [7, 11) is 1.66. The average Bonchev–Trinajstić information content (AvgIpc) is 2.34. The molecule has 0 unspecified atom stereocenters. The summed E-state index contributed by atoms with van der Waals surface area (Å²) in [4.78, 5) is 5.79. The van der Waals surface area contributed by atoms with Crippen molar-refractivity contribution in [3.63, 3.8) is 0 Å². The molecule has 0 saturated carbocycles. The van der Waals surface area contributed by atoms with Gasteiger partial charge in [0.2, 0.25) is 0 Å². The van der Waals surface area contributed by atoms with Gasteiger partial charge in [0.25, 0.3) is 0 Å². The van der Waals surface area contributed by atoms with Gasteiger partial charge in [-0.25, -0.2) is 0 Å². The van der Waals surface area contributed by atoms with E-state index in [-0.39, 0.29) is 6.61 Å². The van der Waals surface area contributed by atoms with E-state index in [1.165, 1.54) is 0 Å². The molecule has 1 N–H and O–H groups in total. The fraction of sp³-hybridized carbons (Fsp3) is 0.462. The van der Waals surface area contributed by atoms with E-state index in [2.05, 4.69) is 18.3 Å². The highest BCUT2D eigenvalue weighted by Crippen LogP contribution is 2.06. The molecule has 0 amide bonds. The van der Waals surface area contributed by atoms with Gasteiger partial charge in [0, 0.05) is 25.9 Å². The topological polar surface area (TPSA) is 45.1 Å². The van der Waals surface area contributed by atoms with Crippen LogP contribution in [0.25, 0.3) is 0 Å². The van der Waals surface area contributed by atoms with Gasteiger partial charge in [-0.05, 0) is 18.9 Å². The van der Waals surface area contributed by atoms with Gasteiger partial charge in [-0.3, -0.25) is 4.99 Å². The van der Waals surface area contributed by atoms with Gasteiger partial charge in [0.1, 0.15) is 0 Å². The van der Waals surface area contributed by atoms with Crippen LogP contribution >= 0.6 is 0 Å². The van der Waals surface area contributed by atoms with E-state index >= 15 is 0 Å². The number of aliphatic hydroxyl groups excluding tert-OH is 1. The number of hydrogen-bond acceptors (Lipinski definition) is 4. The van der Waals surface area contributed by atoms with Gasteiger partial charge >= 0.3 is 0 Å². The number of aliphatic imine (C=N–C) groups is 1. The highest BCUT2D eigenvalue weighted by Gasteiger charge is 2.05. The van der Waals surface area contributed by atoms with Gasteiger partial charge in [0.05, 0.1) is 19.8 Å². The monoisotopic (exact) mass is 238 g/mol. The Kier molecular flexibility index (Phi) is 10.2. The molecule has 4 nitrogen and oxygen atoms in total. The maximum absolute atomic E-state index is 9.04. The molecule has 0 spiro atoms. The molecule has 0 saturated heterocycles. The highest BCUT2D eigenvalue weighted by molar-refractivity contribution is 5.26. The third kappa shape index (κ3) is 7.49. The second-order valence-corrected chi connectivity index (χ2v) is 3.34. The minimum Gasteiger partial charge on any atom is -0.395 e. The average molecular weight is 238 g/mol. The lowest BCUT2D eigenvalue weighted by atomic mass is 10.3. The highest BCUT2D eigenvalue weighted by atomic mass is 16.5. The summed E-state index contributed by atoms with van der Waals surface area (Å²) in [6.07, 6.45) is 7.48. The van der Waals surface area contributed by atoms with Crippen LogP contribution in [-0.2, 0) is 4.74 Å². The van der Waals surface area contributed by atoms with E-state index < -0.39 is 0 Å². The van der Waals surface area contributed by atoms with Crippen LogP contribution < -0.4 is 0 Å². The lowest BCUT2D eigenvalue weighted by Gasteiger charge is -2.24. The molecule has 96 valence electrons. The first-order valence-corrected chi connectivity index (χ1v) is 5.56. The molecule has 0 aliphatic carbocycles. The third-order valence-corrected chi connectivity index (χ3v) is 2.11. The molecule has 4 heteroatoms. The molecule has 0 bridgehead atoms. The maximum atomic E-state index is 9.04. The number of aliphatic hydroxyl groups is 1. The number of nitrogens with zero attached hydrogens (tertiary/aromatic N) is 2. The summed E-state index contributed by atoms with van der Waals surface area (Å²) in [6, 6.07) is 0. The summed E-state index contributed by atoms with van der Waals surface area (Å²) in [5.41, 5.74) is 0.981. The molecule has 0 rings (SSSR count). The number of hydrogen-bond donors (Lipinski definition) is 1. The fourth-order valence-electron chi connectivity index (χ4n) is 1.33. The molecule has 0 aromatic heterocycles. The Morgan fingerprint density at radius 2 is 2.24 bits per heavy atom. The van der Waals surface area contributed by atoms with Crippen molar-refractivity contribution >= 4 is 6.72 Å². The van der Waals surface area contributed by atoms with E-state index in [0.717, 1.165) is 12.2 Å². The minimum atomic E-state index is 0.103. The molecule has 0 heterocycles. The zero-order chi connectivity index (χ0) is 12.9. The first-order valence-electron chi connectivity index (χ1n) is 5.56. The summed E-state index contributed by atoms with van der Waals surface area (Å²) < 4.78 is 5.04. The van der Waals surface area contributed by atoms with Gasteiger partial charge in [-0.2, -0.15) is 0 Å². The Balaban J connectivity index is 4.63. The van der Waals surface area contributed by atoms with Crippen molar-refractivity contribution in [1.82, 2.24) is 4.90 Å². The van der Waals surface area contributed by atoms with Crippen LogP contribution in [0.15, 0.2) is 41.6 Å². The largest absolute Gasteiger partial charge is 0.395 e. The van der Waals surface area contributed by atoms with Crippen LogP contribution in [0.2, 0.25) is 0 Å². The maximum Gasteiger partial charge on any atom is 0.0637 e. The van der Waals surface area contributed by atoms with Crippen molar-refractivity contribution < 1.29 is 9.84 Å². The second kappa shape index (κ2) is 11.1. The zero-order valence-corrected chi connectivity index (χ0v) is 10.5. The zero-order valence-electron chi connectivity index (χ0n) is 10.5. The van der Waals surface area contributed by atoms with Crippen LogP contribution in [-0.4, -0.2) is 56.7 Å². The Labute approximate surface area is 104 Å². The predicted molar refractivity (Wildman–Crippen MR) is 72.4 cm³/mol. The number of rotatable bonds is 10. The van der Waals surface area contributed by atoms with Crippen molar-refractivity contribution in [3.8, 4) is 0 Å². The standard InChI is InChI=1S/C13H22N2O2/c1-4-6-13(7-5-8-14-2)15(9-11-16)10-12-17-3/h4-7,16H,1-2,8-12H2,3H3/b7-5-,13-6+. The van der Waals surface area contributed by atoms with E-state index in [1.54, 1.807) is 13.2 Å². The molecular formula is C13H22N2O2. The quantitative estimate of drug-likeness (QED) is 0.460. The second-order valence-electron chi connectivity index (χ2n) is 3.34. The Morgan fingerprint density at radius 1 is 1.47 bits per heavy atom. The SMILES string of the molecule is C=C/C=C(\C=C/CN=C)N(CCO)CCOC. The predicted octanol–water partition coefficient (Wildman–Crippen LogP) is 1.25. The van der Waals surface area contributed by atoms with Crippen molar-refractivity contribution in [2.45, 2.75) is 0 Å². The van der Waals surface area contributed by atoms with Gasteiger partial charge in [-0.1, -0.05) is 18.7 Å². The molecule has 0 atom stereocenters. The lowest BCUT2D eigenvalue weighted by Crippen LogP contribution is -2.29. The van der Waals surface area contributed by atoms with Crippen LogP contribution in [0.3, 0.4) is 0 Å². The lowest BCUT2D eigenvalue weighted by molar-refractivity contribution is 0.152. The van der Waals surface area contributed by atoms with E-state index in [1.807, 2.05) is 23.1 Å². The van der Waals surface area contributed by atoms with Crippen molar-refractivity contribution in [2.24, 2.45) is 4.99 Å². The smallest absolute Gasteiger partial charge is 0.0637 e. The van der Waals surface area contributed by atoms with Crippen LogP contribution in [0, 0.1) is 0 Å². The Hall–Kier alpha value is -1.39. The molecular weight excluding hydrogens is 216 g/mol. The van der Waals surface area contributed by atoms with E-state index in [4.69, 9.17) is 9.84 Å². The van der Waals surface area contributed by atoms with E-state index in [9.17, 15) is 0 Å². The van der Waals surface area contributed by atoms with Crippen molar-refractivity contribution in [3.05, 3.63) is 36.6 Å². The minimum absolute atomic E-state index is 0.103. The molecule has 0 aromatic rings. The first-order chi connectivity index (χ1) is 8.29. The number of allylic oxidation sites excluding steroid dienone is 3. The van der Waals surface area contributed by atoms with Crippen LogP contribution in [0.1, 0.15) is 0 Å². The number of methoxy groups -OCH3 is 1. The van der Waals surface area contributed by atoms with Crippen molar-refractivity contribution in [2.75, 3.05) is 40.0 Å². The number of ether oxygens (including phenoxy) is 1. The van der Waals surface area contributed by atoms with Gasteiger partial charge in [0.15, 0.2) is 0 Å². The van der Waals surface area contributed by atoms with Crippen LogP contribution in [0.4, 0.5) is 0 Å². The molecule has 0 radical (unpaired) electrons. The van der Waals surface area contributed by atoms with Crippen molar-refractivity contribution in [1.29, 1.82) is 0 Å². The van der Waals surface area contributed by atoms with E-state index in [0.29, 0.717) is 19.7 Å². The molecule has 0 aliphatic rings. The normalized spacial score (nSPS) is 11.8. The summed E-state index contributed by atoms with van der Waals surface area (Å²) in [6.45, 7) is 9.69. The van der Waals surface area contributed by atoms with Gasteiger partial charge in [-0.15, -0.1) is 0 Å². The molecule has 17 heavy (non-hydrogen) atoms. The van der Waals surface area contributed by atoms with Gasteiger partial charge < -0.3 is 14.7 Å². The fourth-order valence-corrected chi connectivity index (χ4v) is 1.33. The first kappa shape index (κ1) is 15.6.